The maximum Gasteiger partial charge on any atom is 0.267 e. The van der Waals surface area contributed by atoms with Crippen molar-refractivity contribution in [3.8, 4) is 0 Å². The average molecular weight is 390 g/mol. The van der Waals surface area contributed by atoms with Gasteiger partial charge in [-0.3, -0.25) is 9.69 Å². The lowest BCUT2D eigenvalue weighted by Crippen LogP contribution is -2.47. The molecule has 7 nitrogen and oxygen atoms in total. The molecule has 8 heteroatoms. The van der Waals surface area contributed by atoms with Crippen molar-refractivity contribution in [2.24, 2.45) is 0 Å². The molecule has 0 aliphatic carbocycles. The lowest BCUT2D eigenvalue weighted by atomic mass is 9.87. The van der Waals surface area contributed by atoms with Crippen LogP contribution in [0.5, 0.6) is 0 Å². The van der Waals surface area contributed by atoms with Crippen LogP contribution in [0.1, 0.15) is 64.5 Å². The van der Waals surface area contributed by atoms with Crippen LogP contribution in [-0.2, 0) is 6.54 Å². The number of hydrogen-bond acceptors (Lipinski definition) is 7. The molecule has 1 amide bonds. The van der Waals surface area contributed by atoms with Gasteiger partial charge >= 0.3 is 0 Å². The molecule has 4 rings (SSSR count). The first-order chi connectivity index (χ1) is 13.0. The fourth-order valence-corrected chi connectivity index (χ4v) is 5.28. The molecule has 2 aliphatic heterocycles. The topological polar surface area (TPSA) is 75.4 Å². The van der Waals surface area contributed by atoms with Crippen molar-refractivity contribution in [2.75, 3.05) is 19.6 Å². The number of carbonyl (C=O) groups excluding carboxylic acids is 1. The quantitative estimate of drug-likeness (QED) is 0.803. The fourth-order valence-electron chi connectivity index (χ4n) is 4.67. The molecule has 1 spiro atoms. The highest BCUT2D eigenvalue weighted by atomic mass is 32.1. The summed E-state index contributed by atoms with van der Waals surface area (Å²) in [5.41, 5.74) is 2.93. The lowest BCUT2D eigenvalue weighted by Gasteiger charge is -2.38. The Hall–Kier alpha value is -1.80. The van der Waals surface area contributed by atoms with E-state index in [4.69, 9.17) is 4.52 Å². The Morgan fingerprint density at radius 2 is 1.89 bits per heavy atom. The highest BCUT2D eigenvalue weighted by molar-refractivity contribution is 7.07. The average Bonchev–Trinajstić information content (AvgIpc) is 3.29. The zero-order valence-electron chi connectivity index (χ0n) is 16.3. The van der Waals surface area contributed by atoms with E-state index in [0.717, 1.165) is 75.4 Å². The summed E-state index contributed by atoms with van der Waals surface area (Å²) in [6, 6.07) is 0. The number of likely N-dealkylation sites (tertiary alicyclic amines) is 2. The van der Waals surface area contributed by atoms with Crippen molar-refractivity contribution in [1.82, 2.24) is 24.5 Å². The summed E-state index contributed by atoms with van der Waals surface area (Å²) in [6.45, 7) is 9.63. The second kappa shape index (κ2) is 7.31. The zero-order chi connectivity index (χ0) is 19.0. The second-order valence-electron chi connectivity index (χ2n) is 7.90. The number of carbonyl (C=O) groups is 1. The standard InChI is InChI=1S/C19H27N5O2S/c1-13-16(15(3)26-21-13)12-23-9-4-6-19(8-11-23)7-5-10-24(19)18(25)17-14(2)20-22-27-17/h4-12H2,1-3H3/t19-/m0/s1. The number of aryl methyl sites for hydroxylation is 3. The van der Waals surface area contributed by atoms with E-state index in [1.165, 1.54) is 17.1 Å². The fraction of sp³-hybridized carbons (Fsp3) is 0.684. The van der Waals surface area contributed by atoms with Crippen molar-refractivity contribution in [1.29, 1.82) is 0 Å². The summed E-state index contributed by atoms with van der Waals surface area (Å²) in [7, 11) is 0. The van der Waals surface area contributed by atoms with E-state index in [9.17, 15) is 4.79 Å². The Morgan fingerprint density at radius 1 is 1.11 bits per heavy atom. The van der Waals surface area contributed by atoms with Crippen LogP contribution in [0.3, 0.4) is 0 Å². The van der Waals surface area contributed by atoms with Gasteiger partial charge in [-0.2, -0.15) is 0 Å². The summed E-state index contributed by atoms with van der Waals surface area (Å²) < 4.78 is 9.28. The predicted octanol–water partition coefficient (Wildman–Crippen LogP) is 3.11. The van der Waals surface area contributed by atoms with Gasteiger partial charge < -0.3 is 9.42 Å². The van der Waals surface area contributed by atoms with Gasteiger partial charge in [0.25, 0.3) is 5.91 Å². The third kappa shape index (κ3) is 3.40. The van der Waals surface area contributed by atoms with Crippen LogP contribution in [0, 0.1) is 20.8 Å². The number of rotatable bonds is 3. The Bertz CT molecular complexity index is 812. The highest BCUT2D eigenvalue weighted by Crippen LogP contribution is 2.40. The van der Waals surface area contributed by atoms with Crippen molar-refractivity contribution in [3.63, 3.8) is 0 Å². The summed E-state index contributed by atoms with van der Waals surface area (Å²) in [4.78, 5) is 18.5. The molecule has 0 bridgehead atoms. The summed E-state index contributed by atoms with van der Waals surface area (Å²) in [5, 5.41) is 8.11. The second-order valence-corrected chi connectivity index (χ2v) is 8.66. The van der Waals surface area contributed by atoms with Gasteiger partial charge in [0.2, 0.25) is 0 Å². The van der Waals surface area contributed by atoms with Gasteiger partial charge in [-0.15, -0.1) is 5.10 Å². The van der Waals surface area contributed by atoms with Crippen LogP contribution in [0.25, 0.3) is 0 Å². The van der Waals surface area contributed by atoms with E-state index >= 15 is 0 Å². The summed E-state index contributed by atoms with van der Waals surface area (Å²) in [5.74, 6) is 1.04. The molecule has 1 atom stereocenters. The molecule has 2 aromatic heterocycles. The Balaban J connectivity index is 1.49. The molecule has 0 unspecified atom stereocenters. The molecule has 2 fully saturated rings. The first-order valence-corrected chi connectivity index (χ1v) is 10.5. The van der Waals surface area contributed by atoms with E-state index < -0.39 is 0 Å². The smallest absolute Gasteiger partial charge is 0.267 e. The van der Waals surface area contributed by atoms with Crippen LogP contribution >= 0.6 is 11.5 Å². The Kier molecular flexibility index (Phi) is 5.03. The molecule has 0 radical (unpaired) electrons. The molecule has 2 aromatic rings. The van der Waals surface area contributed by atoms with Crippen LogP contribution in [0.2, 0.25) is 0 Å². The summed E-state index contributed by atoms with van der Waals surface area (Å²) >= 11 is 1.22. The van der Waals surface area contributed by atoms with Gasteiger partial charge in [-0.1, -0.05) is 9.64 Å². The lowest BCUT2D eigenvalue weighted by molar-refractivity contribution is 0.0562. The van der Waals surface area contributed by atoms with Crippen molar-refractivity contribution >= 4 is 17.4 Å². The summed E-state index contributed by atoms with van der Waals surface area (Å²) in [6.07, 6.45) is 5.38. The molecule has 4 heterocycles. The molecule has 27 heavy (non-hydrogen) atoms. The highest BCUT2D eigenvalue weighted by Gasteiger charge is 2.45. The molecular formula is C19H27N5O2S. The number of nitrogens with zero attached hydrogens (tertiary/aromatic N) is 5. The minimum Gasteiger partial charge on any atom is -0.361 e. The van der Waals surface area contributed by atoms with E-state index in [-0.39, 0.29) is 11.4 Å². The van der Waals surface area contributed by atoms with E-state index in [2.05, 4.69) is 24.5 Å². The maximum atomic E-state index is 13.2. The zero-order valence-corrected chi connectivity index (χ0v) is 17.1. The van der Waals surface area contributed by atoms with Crippen molar-refractivity contribution in [3.05, 3.63) is 27.6 Å². The van der Waals surface area contributed by atoms with Crippen LogP contribution < -0.4 is 0 Å². The monoisotopic (exact) mass is 389 g/mol. The van der Waals surface area contributed by atoms with Gasteiger partial charge in [-0.25, -0.2) is 0 Å². The SMILES string of the molecule is Cc1nnsc1C(=O)N1CCC[C@]12CCCN(Cc1c(C)noc1C)CC2. The third-order valence-electron chi connectivity index (χ3n) is 6.26. The number of aromatic nitrogens is 3. The van der Waals surface area contributed by atoms with E-state index in [0.29, 0.717) is 4.88 Å². The van der Waals surface area contributed by atoms with E-state index in [1.807, 2.05) is 20.8 Å². The molecule has 0 aromatic carbocycles. The van der Waals surface area contributed by atoms with Crippen LogP contribution in [0.15, 0.2) is 4.52 Å². The van der Waals surface area contributed by atoms with Gasteiger partial charge in [0, 0.05) is 30.7 Å². The van der Waals surface area contributed by atoms with Crippen molar-refractivity contribution < 1.29 is 9.32 Å². The minimum atomic E-state index is -0.0129. The Morgan fingerprint density at radius 3 is 2.56 bits per heavy atom. The first kappa shape index (κ1) is 18.6. The van der Waals surface area contributed by atoms with Crippen LogP contribution in [-0.4, -0.2) is 55.6 Å². The first-order valence-electron chi connectivity index (χ1n) is 9.75. The van der Waals surface area contributed by atoms with Gasteiger partial charge in [0.1, 0.15) is 10.6 Å². The molecule has 0 N–H and O–H groups in total. The normalized spacial score (nSPS) is 23.9. The third-order valence-corrected chi connectivity index (χ3v) is 7.08. The minimum absolute atomic E-state index is 0.0129. The largest absolute Gasteiger partial charge is 0.361 e. The molecule has 146 valence electrons. The van der Waals surface area contributed by atoms with Gasteiger partial charge in [0.05, 0.1) is 11.4 Å². The van der Waals surface area contributed by atoms with Crippen molar-refractivity contribution in [2.45, 2.75) is 65.0 Å². The van der Waals surface area contributed by atoms with Gasteiger partial charge in [-0.05, 0) is 71.0 Å². The molecule has 2 saturated heterocycles. The number of hydrogen-bond donors (Lipinski definition) is 0. The number of amides is 1. The van der Waals surface area contributed by atoms with E-state index in [1.54, 1.807) is 0 Å². The molecule has 2 aliphatic rings. The molecule has 0 saturated carbocycles. The molecular weight excluding hydrogens is 362 g/mol. The Labute approximate surface area is 163 Å². The van der Waals surface area contributed by atoms with Crippen LogP contribution in [0.4, 0.5) is 0 Å². The van der Waals surface area contributed by atoms with Gasteiger partial charge in [0.15, 0.2) is 0 Å². The maximum absolute atomic E-state index is 13.2. The predicted molar refractivity (Wildman–Crippen MR) is 103 cm³/mol.